The summed E-state index contributed by atoms with van der Waals surface area (Å²) in [5.41, 5.74) is -0.612. The van der Waals surface area contributed by atoms with Crippen LogP contribution < -0.4 is 10.3 Å². The molecule has 8 heteroatoms. The van der Waals surface area contributed by atoms with Crippen molar-refractivity contribution in [3.63, 3.8) is 0 Å². The molecule has 0 aliphatic rings. The van der Waals surface area contributed by atoms with Crippen molar-refractivity contribution in [2.45, 2.75) is 0 Å². The SMILES string of the molecule is COc1c(-n2ccc(C(=O)O)n2)nc[nH]c1=O. The molecule has 2 rings (SSSR count). The van der Waals surface area contributed by atoms with Gasteiger partial charge in [-0.2, -0.15) is 5.10 Å². The Morgan fingerprint density at radius 2 is 2.35 bits per heavy atom. The van der Waals surface area contributed by atoms with E-state index < -0.39 is 11.5 Å². The first-order valence-corrected chi connectivity index (χ1v) is 4.54. The van der Waals surface area contributed by atoms with Gasteiger partial charge in [0.1, 0.15) is 0 Å². The van der Waals surface area contributed by atoms with Gasteiger partial charge in [0.25, 0.3) is 5.56 Å². The third-order valence-electron chi connectivity index (χ3n) is 2.02. The van der Waals surface area contributed by atoms with Gasteiger partial charge in [-0.1, -0.05) is 0 Å². The minimum Gasteiger partial charge on any atom is -0.488 e. The molecular weight excluding hydrogens is 228 g/mol. The molecule has 0 saturated carbocycles. The molecule has 0 amide bonds. The third-order valence-corrected chi connectivity index (χ3v) is 2.02. The number of carbonyl (C=O) groups is 1. The highest BCUT2D eigenvalue weighted by atomic mass is 16.5. The van der Waals surface area contributed by atoms with Crippen molar-refractivity contribution >= 4 is 5.97 Å². The summed E-state index contributed by atoms with van der Waals surface area (Å²) in [6, 6.07) is 1.30. The van der Waals surface area contributed by atoms with Gasteiger partial charge in [0, 0.05) is 6.20 Å². The van der Waals surface area contributed by atoms with Crippen molar-refractivity contribution in [3.05, 3.63) is 34.6 Å². The molecule has 2 N–H and O–H groups in total. The standard InChI is InChI=1S/C9H8N4O4/c1-17-6-7(10-4-11-8(6)14)13-3-2-5(12-13)9(15)16/h2-4H,1H3,(H,15,16)(H,10,11,14). The van der Waals surface area contributed by atoms with E-state index in [9.17, 15) is 9.59 Å². The normalized spacial score (nSPS) is 10.2. The van der Waals surface area contributed by atoms with Crippen LogP contribution in [0.25, 0.3) is 5.82 Å². The summed E-state index contributed by atoms with van der Waals surface area (Å²) in [6.45, 7) is 0. The Balaban J connectivity index is 2.56. The Morgan fingerprint density at radius 3 is 2.94 bits per heavy atom. The average molecular weight is 236 g/mol. The molecule has 8 nitrogen and oxygen atoms in total. The number of nitrogens with zero attached hydrogens (tertiary/aromatic N) is 3. The van der Waals surface area contributed by atoms with Gasteiger partial charge in [0.15, 0.2) is 5.69 Å². The zero-order valence-electron chi connectivity index (χ0n) is 8.75. The zero-order valence-corrected chi connectivity index (χ0v) is 8.75. The Bertz CT molecular complexity index is 615. The number of aromatic amines is 1. The van der Waals surface area contributed by atoms with Crippen molar-refractivity contribution in [2.24, 2.45) is 0 Å². The highest BCUT2D eigenvalue weighted by Crippen LogP contribution is 2.13. The highest BCUT2D eigenvalue weighted by Gasteiger charge is 2.14. The van der Waals surface area contributed by atoms with E-state index in [4.69, 9.17) is 9.84 Å². The molecule has 0 atom stereocenters. The summed E-state index contributed by atoms with van der Waals surface area (Å²) < 4.78 is 6.05. The Kier molecular flexibility index (Phi) is 2.61. The third kappa shape index (κ3) is 1.87. The lowest BCUT2D eigenvalue weighted by molar-refractivity contribution is 0.0690. The van der Waals surface area contributed by atoms with Crippen LogP contribution in [0.1, 0.15) is 10.5 Å². The van der Waals surface area contributed by atoms with Crippen molar-refractivity contribution in [3.8, 4) is 11.6 Å². The van der Waals surface area contributed by atoms with Crippen LogP contribution in [-0.2, 0) is 0 Å². The van der Waals surface area contributed by atoms with Gasteiger partial charge in [0.05, 0.1) is 13.4 Å². The fraction of sp³-hybridized carbons (Fsp3) is 0.111. The average Bonchev–Trinajstić information content (AvgIpc) is 2.77. The number of hydrogen-bond acceptors (Lipinski definition) is 5. The summed E-state index contributed by atoms with van der Waals surface area (Å²) in [5.74, 6) is -1.07. The molecule has 0 radical (unpaired) electrons. The highest BCUT2D eigenvalue weighted by molar-refractivity contribution is 5.85. The minimum absolute atomic E-state index is 0.0347. The zero-order chi connectivity index (χ0) is 12.4. The predicted octanol–water partition coefficient (Wildman–Crippen LogP) is -0.338. The fourth-order valence-electron chi connectivity index (χ4n) is 1.28. The van der Waals surface area contributed by atoms with Gasteiger partial charge in [-0.25, -0.2) is 14.5 Å². The van der Waals surface area contributed by atoms with Crippen LogP contribution in [0, 0.1) is 0 Å². The number of rotatable bonds is 3. The van der Waals surface area contributed by atoms with E-state index in [-0.39, 0.29) is 17.3 Å². The molecule has 0 aliphatic heterocycles. The second kappa shape index (κ2) is 4.08. The Morgan fingerprint density at radius 1 is 1.59 bits per heavy atom. The second-order valence-corrected chi connectivity index (χ2v) is 3.04. The number of carboxylic acid groups (broad SMARTS) is 1. The molecule has 88 valence electrons. The summed E-state index contributed by atoms with van der Waals surface area (Å²) in [4.78, 5) is 28.3. The van der Waals surface area contributed by atoms with E-state index in [1.807, 2.05) is 0 Å². The number of aromatic carboxylic acids is 1. The summed E-state index contributed by atoms with van der Waals surface area (Å²) in [5, 5.41) is 12.5. The van der Waals surface area contributed by atoms with Crippen LogP contribution in [-0.4, -0.2) is 37.9 Å². The van der Waals surface area contributed by atoms with Gasteiger partial charge in [-0.3, -0.25) is 4.79 Å². The lowest BCUT2D eigenvalue weighted by atomic mass is 10.4. The lowest BCUT2D eigenvalue weighted by Gasteiger charge is -2.04. The van der Waals surface area contributed by atoms with Crippen molar-refractivity contribution in [2.75, 3.05) is 7.11 Å². The number of H-pyrrole nitrogens is 1. The molecule has 0 aromatic carbocycles. The monoisotopic (exact) mass is 236 g/mol. The molecule has 2 aromatic rings. The number of hydrogen-bond donors (Lipinski definition) is 2. The molecule has 0 spiro atoms. The van der Waals surface area contributed by atoms with Crippen molar-refractivity contribution in [1.82, 2.24) is 19.7 Å². The molecule has 0 fully saturated rings. The number of methoxy groups -OCH3 is 1. The van der Waals surface area contributed by atoms with E-state index in [0.29, 0.717) is 0 Å². The molecule has 0 unspecified atom stereocenters. The Hall–Kier alpha value is -2.64. The van der Waals surface area contributed by atoms with Gasteiger partial charge >= 0.3 is 5.97 Å². The maximum absolute atomic E-state index is 11.4. The van der Waals surface area contributed by atoms with Gasteiger partial charge in [-0.05, 0) is 6.07 Å². The van der Waals surface area contributed by atoms with Crippen LogP contribution in [0.3, 0.4) is 0 Å². The van der Waals surface area contributed by atoms with Crippen LogP contribution in [0.15, 0.2) is 23.4 Å². The molecular formula is C9H8N4O4. The van der Waals surface area contributed by atoms with Crippen LogP contribution in [0.5, 0.6) is 5.75 Å². The van der Waals surface area contributed by atoms with E-state index in [0.717, 1.165) is 4.68 Å². The van der Waals surface area contributed by atoms with E-state index >= 15 is 0 Å². The summed E-state index contributed by atoms with van der Waals surface area (Å²) >= 11 is 0. The van der Waals surface area contributed by atoms with Crippen LogP contribution in [0.4, 0.5) is 0 Å². The first kappa shape index (κ1) is 10.9. The lowest BCUT2D eigenvalue weighted by Crippen LogP contribution is -2.15. The van der Waals surface area contributed by atoms with Crippen molar-refractivity contribution in [1.29, 1.82) is 0 Å². The topological polar surface area (TPSA) is 110 Å². The smallest absolute Gasteiger partial charge is 0.356 e. The maximum atomic E-state index is 11.4. The second-order valence-electron chi connectivity index (χ2n) is 3.04. The van der Waals surface area contributed by atoms with E-state index in [1.54, 1.807) is 0 Å². The number of aromatic nitrogens is 4. The maximum Gasteiger partial charge on any atom is 0.356 e. The molecule has 0 saturated heterocycles. The predicted molar refractivity (Wildman–Crippen MR) is 55.5 cm³/mol. The van der Waals surface area contributed by atoms with E-state index in [2.05, 4.69) is 15.1 Å². The van der Waals surface area contributed by atoms with Gasteiger partial charge in [0.2, 0.25) is 11.6 Å². The first-order valence-electron chi connectivity index (χ1n) is 4.54. The number of ether oxygens (including phenoxy) is 1. The Labute approximate surface area is 94.5 Å². The van der Waals surface area contributed by atoms with Crippen LogP contribution in [0.2, 0.25) is 0 Å². The number of carboxylic acids is 1. The first-order chi connectivity index (χ1) is 8.13. The van der Waals surface area contributed by atoms with Crippen molar-refractivity contribution < 1.29 is 14.6 Å². The molecule has 17 heavy (non-hydrogen) atoms. The number of nitrogens with one attached hydrogen (secondary N) is 1. The van der Waals surface area contributed by atoms with E-state index in [1.165, 1.54) is 25.7 Å². The fourth-order valence-corrected chi connectivity index (χ4v) is 1.28. The quantitative estimate of drug-likeness (QED) is 0.754. The molecule has 0 aliphatic carbocycles. The minimum atomic E-state index is -1.16. The molecule has 2 heterocycles. The summed E-state index contributed by atoms with van der Waals surface area (Å²) in [6.07, 6.45) is 2.57. The molecule has 2 aromatic heterocycles. The van der Waals surface area contributed by atoms with Gasteiger partial charge in [-0.15, -0.1) is 0 Å². The van der Waals surface area contributed by atoms with Gasteiger partial charge < -0.3 is 14.8 Å². The summed E-state index contributed by atoms with van der Waals surface area (Å²) in [7, 11) is 1.32. The molecule has 0 bridgehead atoms. The largest absolute Gasteiger partial charge is 0.488 e. The van der Waals surface area contributed by atoms with Crippen LogP contribution >= 0.6 is 0 Å².